The molecule has 0 aromatic carbocycles. The highest BCUT2D eigenvalue weighted by atomic mass is 19.4. The molecule has 0 aliphatic heterocycles. The Hall–Kier alpha value is -1.53. The largest absolute Gasteiger partial charge is 0.433 e. The number of halogens is 3. The molecular formula is C12H19F3N4. The Morgan fingerprint density at radius 1 is 1.21 bits per heavy atom. The molecule has 0 spiro atoms. The number of hydrogen-bond donors (Lipinski definition) is 1. The molecule has 0 fully saturated rings. The summed E-state index contributed by atoms with van der Waals surface area (Å²) < 4.78 is 38.2. The maximum atomic E-state index is 12.7. The first-order chi connectivity index (χ1) is 8.84. The highest BCUT2D eigenvalue weighted by molar-refractivity contribution is 5.44. The molecule has 0 atom stereocenters. The Morgan fingerprint density at radius 2 is 1.89 bits per heavy atom. The van der Waals surface area contributed by atoms with Gasteiger partial charge in [-0.05, 0) is 6.42 Å². The summed E-state index contributed by atoms with van der Waals surface area (Å²) in [5.41, 5.74) is -0.927. The van der Waals surface area contributed by atoms with Crippen LogP contribution in [0, 0.1) is 0 Å². The van der Waals surface area contributed by atoms with E-state index in [1.807, 2.05) is 0 Å². The lowest BCUT2D eigenvalue weighted by Gasteiger charge is -2.15. The Kier molecular flexibility index (Phi) is 5.38. The van der Waals surface area contributed by atoms with Crippen molar-refractivity contribution in [3.63, 3.8) is 0 Å². The van der Waals surface area contributed by atoms with Crippen molar-refractivity contribution >= 4 is 11.8 Å². The standard InChI is InChI=1S/C12H19F3N4/c1-4-5-6-7-16-11-17-9(12(13,14)15)8-10(18-11)19(2)3/h8H,4-7H2,1-3H3,(H,16,17,18). The fraction of sp³-hybridized carbons (Fsp3) is 0.667. The van der Waals surface area contributed by atoms with Gasteiger partial charge in [0.25, 0.3) is 0 Å². The summed E-state index contributed by atoms with van der Waals surface area (Å²) in [6.45, 7) is 2.63. The van der Waals surface area contributed by atoms with Gasteiger partial charge in [0.2, 0.25) is 5.95 Å². The van der Waals surface area contributed by atoms with Crippen LogP contribution in [0.1, 0.15) is 31.9 Å². The summed E-state index contributed by atoms with van der Waals surface area (Å²) in [6.07, 6.45) is -1.51. The Balaban J connectivity index is 2.88. The highest BCUT2D eigenvalue weighted by Gasteiger charge is 2.33. The first-order valence-electron chi connectivity index (χ1n) is 6.22. The van der Waals surface area contributed by atoms with E-state index in [4.69, 9.17) is 0 Å². The molecule has 7 heteroatoms. The monoisotopic (exact) mass is 276 g/mol. The van der Waals surface area contributed by atoms with Crippen LogP contribution in [0.5, 0.6) is 0 Å². The molecule has 0 bridgehead atoms. The summed E-state index contributed by atoms with van der Waals surface area (Å²) in [5, 5.41) is 2.84. The average Bonchev–Trinajstić information content (AvgIpc) is 2.33. The van der Waals surface area contributed by atoms with Crippen molar-refractivity contribution in [3.05, 3.63) is 11.8 Å². The number of nitrogens with zero attached hydrogens (tertiary/aromatic N) is 3. The average molecular weight is 276 g/mol. The molecule has 1 aromatic rings. The molecule has 0 aliphatic rings. The number of alkyl halides is 3. The third kappa shape index (κ3) is 4.92. The van der Waals surface area contributed by atoms with Crippen LogP contribution in [-0.2, 0) is 6.18 Å². The van der Waals surface area contributed by atoms with E-state index in [2.05, 4.69) is 22.2 Å². The minimum Gasteiger partial charge on any atom is -0.363 e. The van der Waals surface area contributed by atoms with Gasteiger partial charge in [-0.1, -0.05) is 19.8 Å². The minimum atomic E-state index is -4.46. The Labute approximate surface area is 111 Å². The van der Waals surface area contributed by atoms with E-state index in [9.17, 15) is 13.2 Å². The molecular weight excluding hydrogens is 257 g/mol. The number of rotatable bonds is 6. The molecule has 1 N–H and O–H groups in total. The van der Waals surface area contributed by atoms with Crippen LogP contribution >= 0.6 is 0 Å². The zero-order chi connectivity index (χ0) is 14.5. The van der Waals surface area contributed by atoms with E-state index in [-0.39, 0.29) is 11.8 Å². The van der Waals surface area contributed by atoms with Crippen LogP contribution in [0.4, 0.5) is 24.9 Å². The zero-order valence-electron chi connectivity index (χ0n) is 11.4. The second-order valence-electron chi connectivity index (χ2n) is 4.46. The first-order valence-corrected chi connectivity index (χ1v) is 6.22. The van der Waals surface area contributed by atoms with E-state index in [1.165, 1.54) is 4.90 Å². The second kappa shape index (κ2) is 6.58. The normalized spacial score (nSPS) is 11.5. The van der Waals surface area contributed by atoms with Crippen molar-refractivity contribution in [2.24, 2.45) is 0 Å². The third-order valence-electron chi connectivity index (χ3n) is 2.52. The minimum absolute atomic E-state index is 0.0228. The van der Waals surface area contributed by atoms with Crippen LogP contribution in [0.2, 0.25) is 0 Å². The molecule has 0 saturated heterocycles. The fourth-order valence-corrected chi connectivity index (χ4v) is 1.46. The van der Waals surface area contributed by atoms with Gasteiger partial charge >= 0.3 is 6.18 Å². The lowest BCUT2D eigenvalue weighted by molar-refractivity contribution is -0.141. The summed E-state index contributed by atoms with van der Waals surface area (Å²) in [5.74, 6) is 0.259. The third-order valence-corrected chi connectivity index (χ3v) is 2.52. The molecule has 0 saturated carbocycles. The van der Waals surface area contributed by atoms with Gasteiger partial charge in [0, 0.05) is 26.7 Å². The summed E-state index contributed by atoms with van der Waals surface area (Å²) >= 11 is 0. The molecule has 0 amide bonds. The van der Waals surface area contributed by atoms with Crippen molar-refractivity contribution in [2.75, 3.05) is 30.9 Å². The van der Waals surface area contributed by atoms with Crippen LogP contribution in [-0.4, -0.2) is 30.6 Å². The van der Waals surface area contributed by atoms with Gasteiger partial charge in [0.15, 0.2) is 5.69 Å². The van der Waals surface area contributed by atoms with Gasteiger partial charge in [-0.15, -0.1) is 0 Å². The van der Waals surface area contributed by atoms with Crippen LogP contribution in [0.25, 0.3) is 0 Å². The van der Waals surface area contributed by atoms with Crippen LogP contribution in [0.3, 0.4) is 0 Å². The zero-order valence-corrected chi connectivity index (χ0v) is 11.4. The lowest BCUT2D eigenvalue weighted by Crippen LogP contribution is -2.17. The number of unbranched alkanes of at least 4 members (excludes halogenated alkanes) is 2. The van der Waals surface area contributed by atoms with Crippen molar-refractivity contribution < 1.29 is 13.2 Å². The Morgan fingerprint density at radius 3 is 2.42 bits per heavy atom. The Bertz CT molecular complexity index is 404. The van der Waals surface area contributed by atoms with Crippen LogP contribution in [0.15, 0.2) is 6.07 Å². The maximum absolute atomic E-state index is 12.7. The fourth-order valence-electron chi connectivity index (χ4n) is 1.46. The molecule has 1 rings (SSSR count). The van der Waals surface area contributed by atoms with Gasteiger partial charge in [-0.2, -0.15) is 18.2 Å². The number of anilines is 2. The molecule has 0 radical (unpaired) electrons. The van der Waals surface area contributed by atoms with Gasteiger partial charge < -0.3 is 10.2 Å². The molecule has 1 heterocycles. The van der Waals surface area contributed by atoms with E-state index in [0.29, 0.717) is 6.54 Å². The van der Waals surface area contributed by atoms with Crippen molar-refractivity contribution in [3.8, 4) is 0 Å². The van der Waals surface area contributed by atoms with Crippen molar-refractivity contribution in [1.29, 1.82) is 0 Å². The smallest absolute Gasteiger partial charge is 0.363 e. The first kappa shape index (κ1) is 15.5. The summed E-state index contributed by atoms with van der Waals surface area (Å²) in [6, 6.07) is 0.942. The predicted octanol–water partition coefficient (Wildman–Crippen LogP) is 3.16. The van der Waals surface area contributed by atoms with Gasteiger partial charge in [-0.3, -0.25) is 0 Å². The predicted molar refractivity (Wildman–Crippen MR) is 69.4 cm³/mol. The molecule has 108 valence electrons. The molecule has 4 nitrogen and oxygen atoms in total. The molecule has 0 unspecified atom stereocenters. The van der Waals surface area contributed by atoms with E-state index in [1.54, 1.807) is 14.1 Å². The molecule has 1 aromatic heterocycles. The number of nitrogens with one attached hydrogen (secondary N) is 1. The van der Waals surface area contributed by atoms with Crippen molar-refractivity contribution in [2.45, 2.75) is 32.4 Å². The van der Waals surface area contributed by atoms with Crippen LogP contribution < -0.4 is 10.2 Å². The lowest BCUT2D eigenvalue weighted by atomic mass is 10.2. The SMILES string of the molecule is CCCCCNc1nc(N(C)C)cc(C(F)(F)F)n1. The van der Waals surface area contributed by atoms with Crippen molar-refractivity contribution in [1.82, 2.24) is 9.97 Å². The van der Waals surface area contributed by atoms with Gasteiger partial charge in [-0.25, -0.2) is 4.98 Å². The number of aromatic nitrogens is 2. The quantitative estimate of drug-likeness (QED) is 0.810. The molecule has 0 aliphatic carbocycles. The van der Waals surface area contributed by atoms with E-state index in [0.717, 1.165) is 25.3 Å². The topological polar surface area (TPSA) is 41.1 Å². The summed E-state index contributed by atoms with van der Waals surface area (Å²) in [4.78, 5) is 9.08. The summed E-state index contributed by atoms with van der Waals surface area (Å²) in [7, 11) is 3.28. The number of hydrogen-bond acceptors (Lipinski definition) is 4. The van der Waals surface area contributed by atoms with E-state index < -0.39 is 11.9 Å². The molecule has 19 heavy (non-hydrogen) atoms. The maximum Gasteiger partial charge on any atom is 0.433 e. The van der Waals surface area contributed by atoms with Gasteiger partial charge in [0.1, 0.15) is 5.82 Å². The van der Waals surface area contributed by atoms with E-state index >= 15 is 0 Å². The second-order valence-corrected chi connectivity index (χ2v) is 4.46. The van der Waals surface area contributed by atoms with Gasteiger partial charge in [0.05, 0.1) is 0 Å². The highest BCUT2D eigenvalue weighted by Crippen LogP contribution is 2.30.